The molecule has 0 aliphatic carbocycles. The van der Waals surface area contributed by atoms with E-state index >= 15 is 0 Å². The van der Waals surface area contributed by atoms with E-state index in [0.29, 0.717) is 31.6 Å². The molecule has 6 atom stereocenters. The minimum absolute atomic E-state index is 0.101. The summed E-state index contributed by atoms with van der Waals surface area (Å²) < 4.78 is 68.3. The second-order valence-electron chi connectivity index (χ2n) is 27.3. The quantitative estimate of drug-likeness (QED) is 0.0222. The molecule has 0 amide bonds. The maximum atomic E-state index is 13.0. The second-order valence-corrected chi connectivity index (χ2v) is 30.2. The lowest BCUT2D eigenvalue weighted by molar-refractivity contribution is -0.161. The van der Waals surface area contributed by atoms with E-state index in [2.05, 4.69) is 55.4 Å². The molecule has 0 fully saturated rings. The molecule has 0 spiro atoms. The Bertz CT molecular complexity index is 1780. The largest absolute Gasteiger partial charge is 0.472 e. The molecule has 0 aromatic rings. The van der Waals surface area contributed by atoms with Crippen LogP contribution in [0.2, 0.25) is 0 Å². The Hall–Kier alpha value is -1.94. The highest BCUT2D eigenvalue weighted by atomic mass is 31.2. The number of phosphoric ester groups is 2. The predicted molar refractivity (Wildman–Crippen MR) is 363 cm³/mol. The maximum absolute atomic E-state index is 13.0. The fourth-order valence-electron chi connectivity index (χ4n) is 10.6. The molecule has 17 nitrogen and oxygen atoms in total. The normalized spacial score (nSPS) is 14.6. The molecule has 3 N–H and O–H groups in total. The smallest absolute Gasteiger partial charge is 0.462 e. The van der Waals surface area contributed by atoms with Gasteiger partial charge in [0.1, 0.15) is 19.3 Å². The van der Waals surface area contributed by atoms with Crippen LogP contribution in [0.5, 0.6) is 0 Å². The van der Waals surface area contributed by atoms with Gasteiger partial charge in [0.25, 0.3) is 0 Å². The van der Waals surface area contributed by atoms with E-state index in [4.69, 9.17) is 37.0 Å². The molecule has 0 rings (SSSR count). The lowest BCUT2D eigenvalue weighted by Crippen LogP contribution is -2.30. The molecule has 19 heteroatoms. The summed E-state index contributed by atoms with van der Waals surface area (Å²) in [6.07, 6.45) is 43.3. The van der Waals surface area contributed by atoms with Gasteiger partial charge in [0.05, 0.1) is 26.4 Å². The van der Waals surface area contributed by atoms with Gasteiger partial charge in [-0.05, 0) is 49.4 Å². The average molecular weight is 1330 g/mol. The van der Waals surface area contributed by atoms with Gasteiger partial charge in [0.15, 0.2) is 12.2 Å². The van der Waals surface area contributed by atoms with Crippen molar-refractivity contribution in [2.24, 2.45) is 23.7 Å². The van der Waals surface area contributed by atoms with Crippen molar-refractivity contribution in [1.82, 2.24) is 0 Å². The molecule has 3 unspecified atom stereocenters. The number of carbonyl (C=O) groups is 4. The summed E-state index contributed by atoms with van der Waals surface area (Å²) in [5, 5.41) is 10.6. The zero-order valence-electron chi connectivity index (χ0n) is 58.8. The van der Waals surface area contributed by atoms with Crippen molar-refractivity contribution in [3.8, 4) is 0 Å². The molecule has 0 bridgehead atoms. The summed E-state index contributed by atoms with van der Waals surface area (Å²) in [7, 11) is -9.90. The highest BCUT2D eigenvalue weighted by Crippen LogP contribution is 2.45. The highest BCUT2D eigenvalue weighted by molar-refractivity contribution is 7.47. The Morgan fingerprint density at radius 3 is 0.789 bits per heavy atom. The van der Waals surface area contributed by atoms with Crippen molar-refractivity contribution in [1.29, 1.82) is 0 Å². The number of phosphoric acid groups is 2. The predicted octanol–water partition coefficient (Wildman–Crippen LogP) is 20.1. The molecule has 0 aliphatic rings. The van der Waals surface area contributed by atoms with Gasteiger partial charge in [-0.25, -0.2) is 9.13 Å². The standard InChI is InChI=1S/C71H138O17P2/c1-9-64(8)50-42-34-28-30-38-46-54-71(76)88-67(58-82-69(74)52-44-36-29-27-33-41-49-63(6)7)60-86-90(79,80)84-56-65(72)55-83-89(77,78)85-59-66(57-81-68(73)51-43-35-25-21-18-17-20-24-32-40-48-62(4)5)87-70(75)53-45-37-26-22-16-14-12-10-11-13-15-19-23-31-39-47-61(2)3/h61-67,72H,9-60H2,1-8H3,(H,77,78)(H,79,80)/t64?,65-,66-,67-/m1/s1. The maximum Gasteiger partial charge on any atom is 0.472 e. The van der Waals surface area contributed by atoms with Crippen LogP contribution in [-0.2, 0) is 65.4 Å². The Morgan fingerprint density at radius 2 is 0.533 bits per heavy atom. The van der Waals surface area contributed by atoms with E-state index < -0.39 is 97.5 Å². The molecule has 0 saturated heterocycles. The highest BCUT2D eigenvalue weighted by Gasteiger charge is 2.30. The number of carbonyl (C=O) groups excluding carboxylic acids is 4. The molecule has 0 radical (unpaired) electrons. The lowest BCUT2D eigenvalue weighted by atomic mass is 10.00. The SMILES string of the molecule is CCC(C)CCCCCCCCC(=O)O[C@H](COC(=O)CCCCCCCCC(C)C)COP(=O)(O)OC[C@H](O)COP(=O)(O)OC[C@@H](COC(=O)CCCCCCCCCCCCC(C)C)OC(=O)CCCCCCCCCCCCCCCCCC(C)C. The van der Waals surface area contributed by atoms with E-state index in [1.165, 1.54) is 148 Å². The van der Waals surface area contributed by atoms with Gasteiger partial charge in [0.2, 0.25) is 0 Å². The Labute approximate surface area is 549 Å². The molecule has 0 heterocycles. The van der Waals surface area contributed by atoms with Crippen LogP contribution in [0, 0.1) is 23.7 Å². The van der Waals surface area contributed by atoms with Crippen LogP contribution in [0.3, 0.4) is 0 Å². The van der Waals surface area contributed by atoms with Crippen LogP contribution < -0.4 is 0 Å². The van der Waals surface area contributed by atoms with Gasteiger partial charge in [0, 0.05) is 25.7 Å². The number of hydrogen-bond donors (Lipinski definition) is 3. The summed E-state index contributed by atoms with van der Waals surface area (Å²) in [5.74, 6) is 0.828. The summed E-state index contributed by atoms with van der Waals surface area (Å²) in [4.78, 5) is 72.5. The average Bonchev–Trinajstić information content (AvgIpc) is 3.48. The fraction of sp³-hybridized carbons (Fsp3) is 0.944. The molecule has 534 valence electrons. The van der Waals surface area contributed by atoms with Crippen molar-refractivity contribution < 1.29 is 80.2 Å². The Balaban J connectivity index is 5.23. The van der Waals surface area contributed by atoms with E-state index in [0.717, 1.165) is 114 Å². The zero-order valence-corrected chi connectivity index (χ0v) is 60.6. The molecular formula is C71H138O17P2. The molecule has 90 heavy (non-hydrogen) atoms. The van der Waals surface area contributed by atoms with E-state index in [1.54, 1.807) is 0 Å². The third-order valence-corrected chi connectivity index (χ3v) is 18.6. The fourth-order valence-corrected chi connectivity index (χ4v) is 12.2. The van der Waals surface area contributed by atoms with Crippen LogP contribution in [0.4, 0.5) is 0 Å². The second kappa shape index (κ2) is 60.7. The van der Waals surface area contributed by atoms with Gasteiger partial charge in [-0.2, -0.15) is 0 Å². The molecule has 0 aliphatic heterocycles. The van der Waals surface area contributed by atoms with Gasteiger partial charge in [-0.3, -0.25) is 37.3 Å². The zero-order chi connectivity index (χ0) is 66.8. The first-order valence-corrected chi connectivity index (χ1v) is 39.7. The first kappa shape index (κ1) is 88.1. The third-order valence-electron chi connectivity index (χ3n) is 16.7. The number of esters is 4. The first-order valence-electron chi connectivity index (χ1n) is 36.7. The van der Waals surface area contributed by atoms with Crippen LogP contribution in [-0.4, -0.2) is 96.7 Å². The van der Waals surface area contributed by atoms with Crippen LogP contribution in [0.1, 0.15) is 351 Å². The third kappa shape index (κ3) is 63.5. The van der Waals surface area contributed by atoms with Crippen LogP contribution >= 0.6 is 15.6 Å². The van der Waals surface area contributed by atoms with Gasteiger partial charge < -0.3 is 33.8 Å². The minimum atomic E-state index is -4.95. The van der Waals surface area contributed by atoms with Gasteiger partial charge >= 0.3 is 39.5 Å². The van der Waals surface area contributed by atoms with Gasteiger partial charge in [-0.15, -0.1) is 0 Å². The molecule has 0 aromatic carbocycles. The number of hydrogen-bond acceptors (Lipinski definition) is 15. The van der Waals surface area contributed by atoms with Crippen molar-refractivity contribution in [2.45, 2.75) is 369 Å². The number of rotatable bonds is 68. The summed E-state index contributed by atoms with van der Waals surface area (Å²) in [5.41, 5.74) is 0. The molecule has 0 aromatic heterocycles. The summed E-state index contributed by atoms with van der Waals surface area (Å²) in [6.45, 7) is 14.0. The summed E-state index contributed by atoms with van der Waals surface area (Å²) in [6, 6.07) is 0. The number of ether oxygens (including phenoxy) is 4. The number of aliphatic hydroxyl groups is 1. The first-order chi connectivity index (χ1) is 43.1. The topological polar surface area (TPSA) is 237 Å². The Kier molecular flexibility index (Phi) is 59.4. The van der Waals surface area contributed by atoms with E-state index in [-0.39, 0.29) is 25.7 Å². The van der Waals surface area contributed by atoms with E-state index in [9.17, 15) is 43.2 Å². The van der Waals surface area contributed by atoms with Crippen molar-refractivity contribution in [3.63, 3.8) is 0 Å². The van der Waals surface area contributed by atoms with Crippen molar-refractivity contribution >= 4 is 39.5 Å². The minimum Gasteiger partial charge on any atom is -0.462 e. The van der Waals surface area contributed by atoms with Crippen LogP contribution in [0.25, 0.3) is 0 Å². The Morgan fingerprint density at radius 1 is 0.311 bits per heavy atom. The lowest BCUT2D eigenvalue weighted by Gasteiger charge is -2.21. The van der Waals surface area contributed by atoms with Gasteiger partial charge in [-0.1, -0.05) is 299 Å². The monoisotopic (exact) mass is 1320 g/mol. The number of aliphatic hydroxyl groups excluding tert-OH is 1. The molecule has 0 saturated carbocycles. The molecular weight excluding hydrogens is 1190 g/mol. The number of unbranched alkanes of at least 4 members (excludes halogenated alkanes) is 33. The summed E-state index contributed by atoms with van der Waals surface area (Å²) >= 11 is 0. The van der Waals surface area contributed by atoms with Crippen molar-refractivity contribution in [2.75, 3.05) is 39.6 Å². The van der Waals surface area contributed by atoms with E-state index in [1.807, 2.05) is 0 Å². The van der Waals surface area contributed by atoms with Crippen molar-refractivity contribution in [3.05, 3.63) is 0 Å². The van der Waals surface area contributed by atoms with Crippen LogP contribution in [0.15, 0.2) is 0 Å².